The second kappa shape index (κ2) is 11.5. The van der Waals surface area contributed by atoms with Gasteiger partial charge in [0.05, 0.1) is 29.3 Å². The molecule has 218 valence electrons. The lowest BCUT2D eigenvalue weighted by atomic mass is 10.0. The average Bonchev–Trinajstić information content (AvgIpc) is 2.89. The molecule has 0 fully saturated rings. The van der Waals surface area contributed by atoms with Crippen LogP contribution in [0.3, 0.4) is 0 Å². The van der Waals surface area contributed by atoms with E-state index in [0.717, 1.165) is 34.1 Å². The van der Waals surface area contributed by atoms with Crippen LogP contribution in [-0.2, 0) is 25.7 Å². The molecule has 0 amide bonds. The summed E-state index contributed by atoms with van der Waals surface area (Å²) >= 11 is 0. The minimum absolute atomic E-state index is 0.156. The number of aryl methyl sites for hydroxylation is 1. The Labute approximate surface area is 231 Å². The summed E-state index contributed by atoms with van der Waals surface area (Å²) in [6.07, 6.45) is -13.0. The van der Waals surface area contributed by atoms with Crippen molar-refractivity contribution in [3.63, 3.8) is 0 Å². The number of sulfonamides is 1. The lowest BCUT2D eigenvalue weighted by Crippen LogP contribution is -2.35. The average molecular weight is 600 g/mol. The van der Waals surface area contributed by atoms with Gasteiger partial charge in [0.2, 0.25) is 6.10 Å². The fourth-order valence-corrected chi connectivity index (χ4v) is 5.64. The first-order valence-electron chi connectivity index (χ1n) is 12.1. The number of rotatable bonds is 3. The Morgan fingerprint density at radius 1 is 0.878 bits per heavy atom. The van der Waals surface area contributed by atoms with Crippen molar-refractivity contribution in [3.05, 3.63) is 101 Å². The maximum Gasteiger partial charge on any atom is 0.509 e. The third-order valence-corrected chi connectivity index (χ3v) is 8.08. The van der Waals surface area contributed by atoms with Gasteiger partial charge in [-0.15, -0.1) is 0 Å². The van der Waals surface area contributed by atoms with Crippen molar-refractivity contribution in [3.8, 4) is 0 Å². The van der Waals surface area contributed by atoms with Gasteiger partial charge in [-0.05, 0) is 48.4 Å². The number of hydrogen-bond donors (Lipinski definition) is 0. The molecule has 0 saturated carbocycles. The van der Waals surface area contributed by atoms with Crippen LogP contribution in [0.25, 0.3) is 5.57 Å². The summed E-state index contributed by atoms with van der Waals surface area (Å²) in [6, 6.07) is 14.4. The molecule has 0 aliphatic carbocycles. The van der Waals surface area contributed by atoms with Gasteiger partial charge in [0.1, 0.15) is 0 Å². The van der Waals surface area contributed by atoms with Crippen molar-refractivity contribution < 1.29 is 49.0 Å². The lowest BCUT2D eigenvalue weighted by molar-refractivity contribution is -0.211. The molecule has 4 rings (SSSR count). The first-order chi connectivity index (χ1) is 19.2. The van der Waals surface area contributed by atoms with Crippen molar-refractivity contribution in [1.29, 1.82) is 0 Å². The maximum absolute atomic E-state index is 14.1. The topological polar surface area (TPSA) is 72.9 Å². The number of alkyl halides is 6. The standard InChI is InChI=1S/C28H23F6NO5S/c1-18-6-12-22(13-7-18)41(37,38)35-16-14-20(19-8-10-21(11-9-19)27(29,30)31)15-17-39-26(36)40-25(28(32,33)34)23-4-2-3-5-24(23)35/h2-14,25H,15-17H2,1H3/b20-14+. The fourth-order valence-electron chi connectivity index (χ4n) is 4.21. The van der Waals surface area contributed by atoms with Crippen LogP contribution in [0.1, 0.15) is 34.8 Å². The number of halogens is 6. The molecular formula is C28H23F6NO5S. The summed E-state index contributed by atoms with van der Waals surface area (Å²) < 4.78 is 120. The van der Waals surface area contributed by atoms with Crippen LogP contribution in [0.15, 0.2) is 83.8 Å². The zero-order valence-electron chi connectivity index (χ0n) is 21.4. The van der Waals surface area contributed by atoms with E-state index in [-0.39, 0.29) is 16.9 Å². The molecule has 3 aromatic rings. The number of anilines is 1. The molecule has 0 N–H and O–H groups in total. The summed E-state index contributed by atoms with van der Waals surface area (Å²) in [5.41, 5.74) is -0.677. The molecule has 0 radical (unpaired) electrons. The van der Waals surface area contributed by atoms with E-state index in [2.05, 4.69) is 4.74 Å². The number of cyclic esters (lactones) is 2. The fraction of sp³-hybridized carbons (Fsp3) is 0.250. The number of benzene rings is 3. The van der Waals surface area contributed by atoms with Gasteiger partial charge in [-0.3, -0.25) is 4.31 Å². The third kappa shape index (κ3) is 6.84. The number of hydrogen-bond acceptors (Lipinski definition) is 5. The second-order valence-electron chi connectivity index (χ2n) is 9.10. The van der Waals surface area contributed by atoms with Crippen molar-refractivity contribution in [2.45, 2.75) is 36.7 Å². The maximum atomic E-state index is 14.1. The Bertz CT molecular complexity index is 1530. The van der Waals surface area contributed by atoms with Crippen LogP contribution < -0.4 is 4.31 Å². The van der Waals surface area contributed by atoms with Gasteiger partial charge in [0, 0.05) is 12.0 Å². The van der Waals surface area contributed by atoms with Crippen LogP contribution in [-0.4, -0.2) is 33.9 Å². The minimum atomic E-state index is -5.13. The highest BCUT2D eigenvalue weighted by molar-refractivity contribution is 7.92. The summed E-state index contributed by atoms with van der Waals surface area (Å²) in [4.78, 5) is 12.1. The van der Waals surface area contributed by atoms with E-state index in [1.807, 2.05) is 0 Å². The van der Waals surface area contributed by atoms with Gasteiger partial charge < -0.3 is 9.47 Å². The van der Waals surface area contributed by atoms with Gasteiger partial charge in [-0.25, -0.2) is 13.2 Å². The van der Waals surface area contributed by atoms with Crippen LogP contribution >= 0.6 is 0 Å². The van der Waals surface area contributed by atoms with Crippen molar-refractivity contribution in [2.24, 2.45) is 0 Å². The first-order valence-corrected chi connectivity index (χ1v) is 13.6. The molecule has 1 aliphatic heterocycles. The predicted octanol–water partition coefficient (Wildman–Crippen LogP) is 7.45. The lowest BCUT2D eigenvalue weighted by Gasteiger charge is -2.30. The van der Waals surface area contributed by atoms with Gasteiger partial charge >= 0.3 is 18.5 Å². The van der Waals surface area contributed by atoms with Crippen molar-refractivity contribution >= 4 is 27.4 Å². The Morgan fingerprint density at radius 3 is 2.12 bits per heavy atom. The van der Waals surface area contributed by atoms with Gasteiger partial charge in [-0.1, -0.05) is 54.1 Å². The van der Waals surface area contributed by atoms with Crippen LogP contribution in [0.4, 0.5) is 36.8 Å². The number of nitrogens with zero attached hydrogens (tertiary/aromatic N) is 1. The van der Waals surface area contributed by atoms with E-state index in [9.17, 15) is 39.6 Å². The zero-order chi connectivity index (χ0) is 30.0. The number of carbonyl (C=O) groups is 1. The molecular weight excluding hydrogens is 576 g/mol. The number of carbonyl (C=O) groups excluding carboxylic acids is 1. The van der Waals surface area contributed by atoms with Crippen molar-refractivity contribution in [2.75, 3.05) is 17.5 Å². The van der Waals surface area contributed by atoms with E-state index in [0.29, 0.717) is 5.57 Å². The molecule has 6 nitrogen and oxygen atoms in total. The van der Waals surface area contributed by atoms with Gasteiger partial charge in [0.15, 0.2) is 0 Å². The first kappa shape index (κ1) is 30.0. The van der Waals surface area contributed by atoms with Gasteiger partial charge in [0.25, 0.3) is 10.0 Å². The predicted molar refractivity (Wildman–Crippen MR) is 137 cm³/mol. The number of ether oxygens (including phenoxy) is 2. The van der Waals surface area contributed by atoms with E-state index >= 15 is 0 Å². The van der Waals surface area contributed by atoms with Crippen molar-refractivity contribution in [1.82, 2.24) is 0 Å². The molecule has 41 heavy (non-hydrogen) atoms. The largest absolute Gasteiger partial charge is 0.509 e. The van der Waals surface area contributed by atoms with E-state index in [4.69, 9.17) is 4.74 Å². The summed E-state index contributed by atoms with van der Waals surface area (Å²) in [6.45, 7) is 0.746. The molecule has 0 bridgehead atoms. The highest BCUT2D eigenvalue weighted by Crippen LogP contribution is 2.42. The molecule has 0 saturated heterocycles. The summed E-state index contributed by atoms with van der Waals surface area (Å²) in [5.74, 6) is 0. The van der Waals surface area contributed by atoms with E-state index in [1.165, 1.54) is 54.6 Å². The minimum Gasteiger partial charge on any atom is -0.434 e. The van der Waals surface area contributed by atoms with Crippen LogP contribution in [0.5, 0.6) is 0 Å². The summed E-state index contributed by atoms with van der Waals surface area (Å²) in [5, 5.41) is 0. The zero-order valence-corrected chi connectivity index (χ0v) is 22.2. The van der Waals surface area contributed by atoms with E-state index in [1.54, 1.807) is 6.92 Å². The molecule has 0 spiro atoms. The third-order valence-electron chi connectivity index (χ3n) is 6.29. The second-order valence-corrected chi connectivity index (χ2v) is 11.0. The molecule has 1 unspecified atom stereocenters. The molecule has 1 aliphatic rings. The van der Waals surface area contributed by atoms with Gasteiger partial charge in [-0.2, -0.15) is 26.3 Å². The summed E-state index contributed by atoms with van der Waals surface area (Å²) in [7, 11) is -4.49. The normalized spacial score (nSPS) is 18.6. The SMILES string of the molecule is Cc1ccc(S(=O)(=O)N2C/C=C(/c3ccc(C(F)(F)F)cc3)CCOC(=O)OC(C(F)(F)F)c3ccccc32)cc1. The van der Waals surface area contributed by atoms with Crippen LogP contribution in [0, 0.1) is 6.92 Å². The monoisotopic (exact) mass is 599 g/mol. The van der Waals surface area contributed by atoms with E-state index < -0.39 is 64.6 Å². The highest BCUT2D eigenvalue weighted by Gasteiger charge is 2.47. The molecule has 1 heterocycles. The number of para-hydroxylation sites is 1. The molecule has 1 atom stereocenters. The number of fused-ring (bicyclic) bond motifs is 1. The van der Waals surface area contributed by atoms with Crippen LogP contribution in [0.2, 0.25) is 0 Å². The quantitative estimate of drug-likeness (QED) is 0.231. The Hall–Kier alpha value is -4.00. The molecule has 3 aromatic carbocycles. The highest BCUT2D eigenvalue weighted by atomic mass is 32.2. The molecule has 13 heteroatoms. The molecule has 0 aromatic heterocycles. The Kier molecular flexibility index (Phi) is 8.39. The Balaban J connectivity index is 1.90. The smallest absolute Gasteiger partial charge is 0.434 e. The Morgan fingerprint density at radius 2 is 1.51 bits per heavy atom.